The summed E-state index contributed by atoms with van der Waals surface area (Å²) in [5, 5.41) is 0. The van der Waals surface area contributed by atoms with Crippen molar-refractivity contribution >= 4 is 28.7 Å². The van der Waals surface area contributed by atoms with Crippen LogP contribution in [0.4, 0.5) is 4.79 Å². The standard InChI is InChI=1S/C12H16INO4/c1-3-12(17-8-16-2,18-11(14)15)9-6-4-5-7-10(9)13/h4-7H,3,8H2,1-2H3,(H2,14,15). The summed E-state index contributed by atoms with van der Waals surface area (Å²) in [4.78, 5) is 11.1. The summed E-state index contributed by atoms with van der Waals surface area (Å²) in [6, 6.07) is 7.49. The largest absolute Gasteiger partial charge is 0.412 e. The number of benzene rings is 1. The van der Waals surface area contributed by atoms with Gasteiger partial charge < -0.3 is 19.9 Å². The predicted molar refractivity (Wildman–Crippen MR) is 74.8 cm³/mol. The van der Waals surface area contributed by atoms with Crippen molar-refractivity contribution < 1.29 is 19.0 Å². The normalized spacial score (nSPS) is 13.9. The number of methoxy groups -OCH3 is 1. The van der Waals surface area contributed by atoms with Crippen LogP contribution in [0.25, 0.3) is 0 Å². The molecular weight excluding hydrogens is 349 g/mol. The van der Waals surface area contributed by atoms with Gasteiger partial charge in [0.05, 0.1) is 0 Å². The molecule has 5 nitrogen and oxygen atoms in total. The molecule has 0 aliphatic rings. The number of carbonyl (C=O) groups excluding carboxylic acids is 1. The van der Waals surface area contributed by atoms with Gasteiger partial charge in [0.15, 0.2) is 6.79 Å². The van der Waals surface area contributed by atoms with Crippen LogP contribution in [-0.4, -0.2) is 20.0 Å². The third kappa shape index (κ3) is 3.56. The summed E-state index contributed by atoms with van der Waals surface area (Å²) in [6.45, 7) is 1.85. The van der Waals surface area contributed by atoms with E-state index in [0.717, 1.165) is 9.13 Å². The monoisotopic (exact) mass is 365 g/mol. The number of ether oxygens (including phenoxy) is 3. The second-order valence-electron chi connectivity index (χ2n) is 3.56. The molecule has 2 N–H and O–H groups in total. The molecule has 0 spiro atoms. The Hall–Kier alpha value is -0.860. The van der Waals surface area contributed by atoms with Crippen molar-refractivity contribution in [2.24, 2.45) is 5.73 Å². The van der Waals surface area contributed by atoms with Crippen LogP contribution < -0.4 is 5.73 Å². The molecule has 0 fully saturated rings. The number of primary amides is 1. The lowest BCUT2D eigenvalue weighted by molar-refractivity contribution is -0.250. The van der Waals surface area contributed by atoms with Gasteiger partial charge in [-0.1, -0.05) is 25.1 Å². The lowest BCUT2D eigenvalue weighted by Gasteiger charge is -2.32. The number of rotatable bonds is 6. The van der Waals surface area contributed by atoms with Gasteiger partial charge in [-0.3, -0.25) is 0 Å². The Kier molecular flexibility index (Phi) is 5.83. The topological polar surface area (TPSA) is 70.8 Å². The highest BCUT2D eigenvalue weighted by molar-refractivity contribution is 14.1. The third-order valence-electron chi connectivity index (χ3n) is 2.43. The highest BCUT2D eigenvalue weighted by Gasteiger charge is 2.37. The molecule has 0 aromatic heterocycles. The minimum Gasteiger partial charge on any atom is -0.412 e. The number of hydrogen-bond acceptors (Lipinski definition) is 4. The fourth-order valence-electron chi connectivity index (χ4n) is 1.61. The van der Waals surface area contributed by atoms with Gasteiger partial charge in [0.25, 0.3) is 0 Å². The zero-order chi connectivity index (χ0) is 13.6. The number of amides is 1. The van der Waals surface area contributed by atoms with Gasteiger partial charge in [-0.25, -0.2) is 4.79 Å². The van der Waals surface area contributed by atoms with Crippen molar-refractivity contribution in [1.29, 1.82) is 0 Å². The van der Waals surface area contributed by atoms with E-state index in [1.165, 1.54) is 7.11 Å². The zero-order valence-electron chi connectivity index (χ0n) is 10.3. The predicted octanol–water partition coefficient (Wildman–Crippen LogP) is 2.57. The number of halogens is 1. The Bertz CT molecular complexity index is 413. The fraction of sp³-hybridized carbons (Fsp3) is 0.417. The van der Waals surface area contributed by atoms with Crippen molar-refractivity contribution in [3.05, 3.63) is 33.4 Å². The maximum Gasteiger partial charge on any atom is 0.407 e. The SMILES string of the molecule is CCC(OCOC)(OC(N)=O)c1ccccc1I. The summed E-state index contributed by atoms with van der Waals surface area (Å²) in [7, 11) is 1.50. The van der Waals surface area contributed by atoms with Crippen molar-refractivity contribution in [2.75, 3.05) is 13.9 Å². The molecule has 1 rings (SSSR count). The molecule has 6 heteroatoms. The van der Waals surface area contributed by atoms with Crippen LogP contribution in [0.3, 0.4) is 0 Å². The van der Waals surface area contributed by atoms with Gasteiger partial charge in [0, 0.05) is 22.7 Å². The highest BCUT2D eigenvalue weighted by Crippen LogP contribution is 2.34. The summed E-state index contributed by atoms with van der Waals surface area (Å²) in [5.41, 5.74) is 5.88. The van der Waals surface area contributed by atoms with Gasteiger partial charge in [-0.15, -0.1) is 0 Å². The number of carbonyl (C=O) groups is 1. The number of hydrogen-bond donors (Lipinski definition) is 1. The first-order valence-electron chi connectivity index (χ1n) is 5.42. The van der Waals surface area contributed by atoms with Crippen LogP contribution >= 0.6 is 22.6 Å². The molecular formula is C12H16INO4. The second-order valence-corrected chi connectivity index (χ2v) is 4.72. The molecule has 0 saturated heterocycles. The molecule has 0 radical (unpaired) electrons. The molecule has 1 atom stereocenters. The molecule has 0 bridgehead atoms. The van der Waals surface area contributed by atoms with Crippen LogP contribution in [0, 0.1) is 3.57 Å². The Morgan fingerprint density at radius 1 is 1.44 bits per heavy atom. The van der Waals surface area contributed by atoms with Gasteiger partial charge in [-0.2, -0.15) is 0 Å². The molecule has 100 valence electrons. The Labute approximate surface area is 120 Å². The van der Waals surface area contributed by atoms with Crippen molar-refractivity contribution in [1.82, 2.24) is 0 Å². The highest BCUT2D eigenvalue weighted by atomic mass is 127. The third-order valence-corrected chi connectivity index (χ3v) is 3.37. The Morgan fingerprint density at radius 3 is 2.61 bits per heavy atom. The van der Waals surface area contributed by atoms with Crippen LogP contribution in [-0.2, 0) is 20.0 Å². The first-order chi connectivity index (χ1) is 8.55. The lowest BCUT2D eigenvalue weighted by atomic mass is 10.0. The van der Waals surface area contributed by atoms with Gasteiger partial charge in [0.1, 0.15) is 0 Å². The van der Waals surface area contributed by atoms with Crippen LogP contribution in [0.1, 0.15) is 18.9 Å². The Morgan fingerprint density at radius 2 is 2.11 bits per heavy atom. The quantitative estimate of drug-likeness (QED) is 0.622. The lowest BCUT2D eigenvalue weighted by Crippen LogP contribution is -2.38. The van der Waals surface area contributed by atoms with Crippen molar-refractivity contribution in [3.8, 4) is 0 Å². The summed E-state index contributed by atoms with van der Waals surface area (Å²) in [5.74, 6) is -1.21. The molecule has 1 unspecified atom stereocenters. The molecule has 0 aliphatic carbocycles. The van der Waals surface area contributed by atoms with Gasteiger partial charge in [-0.05, 0) is 28.7 Å². The smallest absolute Gasteiger partial charge is 0.407 e. The summed E-state index contributed by atoms with van der Waals surface area (Å²) in [6.07, 6.45) is -0.452. The first kappa shape index (κ1) is 15.2. The second kappa shape index (κ2) is 6.91. The average molecular weight is 365 g/mol. The summed E-state index contributed by atoms with van der Waals surface area (Å²) < 4.78 is 16.6. The molecule has 18 heavy (non-hydrogen) atoms. The average Bonchev–Trinajstić information content (AvgIpc) is 2.35. The van der Waals surface area contributed by atoms with E-state index in [9.17, 15) is 4.79 Å². The van der Waals surface area contributed by atoms with Crippen LogP contribution in [0.5, 0.6) is 0 Å². The van der Waals surface area contributed by atoms with Crippen molar-refractivity contribution in [2.45, 2.75) is 19.1 Å². The first-order valence-corrected chi connectivity index (χ1v) is 6.50. The van der Waals surface area contributed by atoms with E-state index in [4.69, 9.17) is 19.9 Å². The minimum atomic E-state index is -1.21. The molecule has 1 amide bonds. The summed E-state index contributed by atoms with van der Waals surface area (Å²) >= 11 is 2.15. The van der Waals surface area contributed by atoms with E-state index in [1.54, 1.807) is 0 Å². The minimum absolute atomic E-state index is 0.00605. The zero-order valence-corrected chi connectivity index (χ0v) is 12.5. The maximum atomic E-state index is 11.1. The fourth-order valence-corrected chi connectivity index (χ4v) is 2.41. The van der Waals surface area contributed by atoms with Crippen molar-refractivity contribution in [3.63, 3.8) is 0 Å². The van der Waals surface area contributed by atoms with E-state index in [1.807, 2.05) is 31.2 Å². The molecule has 0 aliphatic heterocycles. The van der Waals surface area contributed by atoms with Gasteiger partial charge >= 0.3 is 6.09 Å². The van der Waals surface area contributed by atoms with Gasteiger partial charge in [0.2, 0.25) is 5.79 Å². The van der Waals surface area contributed by atoms with E-state index in [0.29, 0.717) is 6.42 Å². The van der Waals surface area contributed by atoms with Crippen LogP contribution in [0.15, 0.2) is 24.3 Å². The number of nitrogens with two attached hydrogens (primary N) is 1. The van der Waals surface area contributed by atoms with Crippen LogP contribution in [0.2, 0.25) is 0 Å². The maximum absolute atomic E-state index is 11.1. The molecule has 1 aromatic carbocycles. The van der Waals surface area contributed by atoms with E-state index in [2.05, 4.69) is 22.6 Å². The molecule has 0 saturated carbocycles. The molecule has 0 heterocycles. The Balaban J connectivity index is 3.16. The molecule has 1 aromatic rings. The van der Waals surface area contributed by atoms with E-state index >= 15 is 0 Å². The van der Waals surface area contributed by atoms with E-state index < -0.39 is 11.9 Å². The van der Waals surface area contributed by atoms with E-state index in [-0.39, 0.29) is 6.79 Å².